The number of carbonyl (C=O) groups is 3. The molecule has 1 aliphatic rings. The largest absolute Gasteiger partial charge is 0.496 e. The third kappa shape index (κ3) is 5.54. The number of para-hydroxylation sites is 1. The summed E-state index contributed by atoms with van der Waals surface area (Å²) in [6.45, 7) is 1.46. The van der Waals surface area contributed by atoms with Crippen molar-refractivity contribution < 1.29 is 19.1 Å². The maximum Gasteiger partial charge on any atom is 0.240 e. The molecule has 30 heavy (non-hydrogen) atoms. The Labute approximate surface area is 177 Å². The number of rotatable bonds is 7. The van der Waals surface area contributed by atoms with E-state index >= 15 is 0 Å². The van der Waals surface area contributed by atoms with E-state index in [1.165, 1.54) is 13.1 Å². The zero-order valence-corrected chi connectivity index (χ0v) is 17.2. The molecule has 9 heteroatoms. The standard InChI is InChI=1S/C21H20N4O4S/c1-13(26)14-7-5-8-16(10-14)23-19(27)11-18-20(28)24-21(30-18)25-22-12-15-6-3-4-9-17(15)29-2/h3-10,12,18H,11H2,1-2H3,(H,23,27)(H,24,25,28)/b22-12-/t18-/m1/s1. The summed E-state index contributed by atoms with van der Waals surface area (Å²) in [5.74, 6) is -0.0692. The molecule has 0 bridgehead atoms. The number of thioether (sulfide) groups is 1. The zero-order chi connectivity index (χ0) is 21.5. The highest BCUT2D eigenvalue weighted by Gasteiger charge is 2.32. The number of anilines is 1. The third-order valence-electron chi connectivity index (χ3n) is 4.18. The number of amides is 2. The number of benzene rings is 2. The van der Waals surface area contributed by atoms with E-state index in [9.17, 15) is 14.4 Å². The summed E-state index contributed by atoms with van der Waals surface area (Å²) in [6, 6.07) is 14.0. The van der Waals surface area contributed by atoms with Crippen LogP contribution in [0.25, 0.3) is 0 Å². The van der Waals surface area contributed by atoms with Crippen molar-refractivity contribution in [3.8, 4) is 5.75 Å². The summed E-state index contributed by atoms with van der Waals surface area (Å²) in [5.41, 5.74) is 1.76. The molecule has 0 aliphatic carbocycles. The molecule has 1 aliphatic heterocycles. The molecule has 3 rings (SSSR count). The van der Waals surface area contributed by atoms with Crippen molar-refractivity contribution in [2.45, 2.75) is 18.6 Å². The van der Waals surface area contributed by atoms with E-state index < -0.39 is 5.25 Å². The van der Waals surface area contributed by atoms with E-state index in [2.05, 4.69) is 20.8 Å². The van der Waals surface area contributed by atoms with Gasteiger partial charge in [0.25, 0.3) is 0 Å². The molecule has 0 saturated carbocycles. The van der Waals surface area contributed by atoms with E-state index in [1.807, 2.05) is 18.2 Å². The number of carbonyl (C=O) groups excluding carboxylic acids is 3. The lowest BCUT2D eigenvalue weighted by molar-refractivity contribution is -0.122. The molecule has 2 aromatic rings. The average Bonchev–Trinajstić information content (AvgIpc) is 3.07. The van der Waals surface area contributed by atoms with Crippen molar-refractivity contribution in [1.82, 2.24) is 5.32 Å². The van der Waals surface area contributed by atoms with Gasteiger partial charge in [0.1, 0.15) is 11.0 Å². The van der Waals surface area contributed by atoms with Crippen LogP contribution in [0.3, 0.4) is 0 Å². The second kappa shape index (κ2) is 9.84. The van der Waals surface area contributed by atoms with E-state index in [0.717, 1.165) is 17.3 Å². The van der Waals surface area contributed by atoms with Gasteiger partial charge >= 0.3 is 0 Å². The predicted octanol–water partition coefficient (Wildman–Crippen LogP) is 2.85. The summed E-state index contributed by atoms with van der Waals surface area (Å²) < 4.78 is 5.24. The first-order chi connectivity index (χ1) is 14.5. The maximum absolute atomic E-state index is 12.3. The summed E-state index contributed by atoms with van der Waals surface area (Å²) in [5, 5.41) is 13.0. The van der Waals surface area contributed by atoms with E-state index in [-0.39, 0.29) is 24.0 Å². The second-order valence-electron chi connectivity index (χ2n) is 6.38. The molecular formula is C21H20N4O4S. The Bertz CT molecular complexity index is 1040. The van der Waals surface area contributed by atoms with Crippen LogP contribution in [0, 0.1) is 0 Å². The molecule has 154 valence electrons. The minimum absolute atomic E-state index is 0.0317. The van der Waals surface area contributed by atoms with Crippen molar-refractivity contribution in [3.63, 3.8) is 0 Å². The first kappa shape index (κ1) is 21.3. The van der Waals surface area contributed by atoms with Crippen LogP contribution in [0.4, 0.5) is 5.69 Å². The van der Waals surface area contributed by atoms with Gasteiger partial charge in [-0.05, 0) is 31.2 Å². The predicted molar refractivity (Wildman–Crippen MR) is 117 cm³/mol. The van der Waals surface area contributed by atoms with Gasteiger partial charge in [0, 0.05) is 23.2 Å². The Hall–Kier alpha value is -3.46. The van der Waals surface area contributed by atoms with E-state index in [0.29, 0.717) is 22.2 Å². The monoisotopic (exact) mass is 424 g/mol. The van der Waals surface area contributed by atoms with E-state index in [4.69, 9.17) is 4.74 Å². The summed E-state index contributed by atoms with van der Waals surface area (Å²) in [7, 11) is 1.57. The van der Waals surface area contributed by atoms with Crippen LogP contribution in [-0.2, 0) is 9.59 Å². The SMILES string of the molecule is COc1ccccc1/C=N\N=C1/NC(=O)[C@@H](CC(=O)Nc2cccc(C(C)=O)c2)S1. The highest BCUT2D eigenvalue weighted by atomic mass is 32.2. The Kier molecular flexibility index (Phi) is 6.97. The molecule has 2 N–H and O–H groups in total. The van der Waals surface area contributed by atoms with Crippen LogP contribution in [0.5, 0.6) is 5.75 Å². The average molecular weight is 424 g/mol. The van der Waals surface area contributed by atoms with Crippen molar-refractivity contribution in [3.05, 3.63) is 59.7 Å². The van der Waals surface area contributed by atoms with Crippen LogP contribution in [0.2, 0.25) is 0 Å². The lowest BCUT2D eigenvalue weighted by atomic mass is 10.1. The molecule has 1 fully saturated rings. The molecule has 1 saturated heterocycles. The zero-order valence-electron chi connectivity index (χ0n) is 16.4. The Balaban J connectivity index is 1.58. The highest BCUT2D eigenvalue weighted by Crippen LogP contribution is 2.23. The number of nitrogens with one attached hydrogen (secondary N) is 2. The van der Waals surface area contributed by atoms with Gasteiger partial charge in [0.2, 0.25) is 11.8 Å². The van der Waals surface area contributed by atoms with Crippen molar-refractivity contribution in [2.24, 2.45) is 10.2 Å². The van der Waals surface area contributed by atoms with Gasteiger partial charge in [-0.15, -0.1) is 5.10 Å². The third-order valence-corrected chi connectivity index (χ3v) is 5.26. The molecule has 2 aromatic carbocycles. The Morgan fingerprint density at radius 1 is 1.23 bits per heavy atom. The van der Waals surface area contributed by atoms with Crippen molar-refractivity contribution >= 4 is 46.4 Å². The number of nitrogens with zero attached hydrogens (tertiary/aromatic N) is 2. The normalized spacial score (nSPS) is 17.2. The minimum Gasteiger partial charge on any atom is -0.496 e. The number of hydrogen-bond acceptors (Lipinski definition) is 7. The molecule has 1 heterocycles. The number of methoxy groups -OCH3 is 1. The fourth-order valence-corrected chi connectivity index (χ4v) is 3.62. The number of ketones is 1. The molecule has 2 amide bonds. The van der Waals surface area contributed by atoms with Crippen LogP contribution in [0.1, 0.15) is 29.3 Å². The quantitative estimate of drug-likeness (QED) is 0.404. The van der Waals surface area contributed by atoms with Crippen LogP contribution >= 0.6 is 11.8 Å². The maximum atomic E-state index is 12.3. The second-order valence-corrected chi connectivity index (χ2v) is 7.57. The fourth-order valence-electron chi connectivity index (χ4n) is 2.70. The molecule has 0 unspecified atom stereocenters. The lowest BCUT2D eigenvalue weighted by Crippen LogP contribution is -2.28. The number of amidine groups is 1. The van der Waals surface area contributed by atoms with Crippen molar-refractivity contribution in [2.75, 3.05) is 12.4 Å². The van der Waals surface area contributed by atoms with Crippen LogP contribution in [-0.4, -0.2) is 41.3 Å². The Morgan fingerprint density at radius 2 is 2.03 bits per heavy atom. The number of Topliss-reactive ketones (excluding diaryl/α,β-unsaturated/α-hetero) is 1. The molecule has 0 radical (unpaired) electrons. The number of hydrogen-bond donors (Lipinski definition) is 2. The lowest BCUT2D eigenvalue weighted by Gasteiger charge is -2.08. The van der Waals surface area contributed by atoms with Crippen molar-refractivity contribution in [1.29, 1.82) is 0 Å². The molecular weight excluding hydrogens is 404 g/mol. The molecule has 0 aromatic heterocycles. The van der Waals surface area contributed by atoms with E-state index in [1.54, 1.807) is 37.4 Å². The van der Waals surface area contributed by atoms with Gasteiger partial charge < -0.3 is 15.4 Å². The van der Waals surface area contributed by atoms with Gasteiger partial charge in [-0.3, -0.25) is 14.4 Å². The topological polar surface area (TPSA) is 109 Å². The summed E-state index contributed by atoms with van der Waals surface area (Å²) in [4.78, 5) is 35.9. The highest BCUT2D eigenvalue weighted by molar-refractivity contribution is 8.15. The van der Waals surface area contributed by atoms with Gasteiger partial charge in [-0.2, -0.15) is 5.10 Å². The first-order valence-electron chi connectivity index (χ1n) is 9.08. The first-order valence-corrected chi connectivity index (χ1v) is 9.96. The van der Waals surface area contributed by atoms with Crippen LogP contribution < -0.4 is 15.4 Å². The van der Waals surface area contributed by atoms with Gasteiger partial charge in [0.05, 0.1) is 13.3 Å². The summed E-state index contributed by atoms with van der Waals surface area (Å²) in [6.07, 6.45) is 1.50. The molecule has 8 nitrogen and oxygen atoms in total. The van der Waals surface area contributed by atoms with Gasteiger partial charge in [-0.25, -0.2) is 0 Å². The molecule has 1 atom stereocenters. The van der Waals surface area contributed by atoms with Crippen LogP contribution in [0.15, 0.2) is 58.7 Å². The van der Waals surface area contributed by atoms with Gasteiger partial charge in [-0.1, -0.05) is 36.0 Å². The smallest absolute Gasteiger partial charge is 0.240 e. The summed E-state index contributed by atoms with van der Waals surface area (Å²) >= 11 is 1.14. The fraction of sp³-hybridized carbons (Fsp3) is 0.190. The molecule has 0 spiro atoms. The Morgan fingerprint density at radius 3 is 2.80 bits per heavy atom. The number of ether oxygens (including phenoxy) is 1. The minimum atomic E-state index is -0.610. The van der Waals surface area contributed by atoms with Gasteiger partial charge in [0.15, 0.2) is 11.0 Å².